The summed E-state index contributed by atoms with van der Waals surface area (Å²) in [5.41, 5.74) is 3.97. The summed E-state index contributed by atoms with van der Waals surface area (Å²) in [6, 6.07) is 35.5. The van der Waals surface area contributed by atoms with Crippen molar-refractivity contribution in [1.82, 2.24) is 0 Å². The molecule has 194 valence electrons. The lowest BCUT2D eigenvalue weighted by molar-refractivity contribution is -0.123. The smallest absolute Gasteiger partial charge is 0.229 e. The highest BCUT2D eigenvalue weighted by Gasteiger charge is 2.32. The predicted molar refractivity (Wildman–Crippen MR) is 154 cm³/mol. The molecule has 0 aliphatic heterocycles. The second-order valence-corrected chi connectivity index (χ2v) is 10.6. The van der Waals surface area contributed by atoms with Crippen molar-refractivity contribution in [2.45, 2.75) is 39.0 Å². The van der Waals surface area contributed by atoms with E-state index < -0.39 is 5.41 Å². The Bertz CT molecular complexity index is 1360. The van der Waals surface area contributed by atoms with Crippen LogP contribution in [0.25, 0.3) is 0 Å². The van der Waals surface area contributed by atoms with Crippen molar-refractivity contribution in [3.8, 4) is 5.75 Å². The largest absolute Gasteiger partial charge is 0.497 e. The molecule has 0 aliphatic rings. The molecule has 0 spiro atoms. The average Bonchev–Trinajstić information content (AvgIpc) is 2.94. The molecular weight excluding hydrogens is 470 g/mol. The second-order valence-electron chi connectivity index (χ2n) is 10.6. The Balaban J connectivity index is 1.87. The van der Waals surface area contributed by atoms with Crippen LogP contribution < -0.4 is 10.1 Å². The maximum atomic E-state index is 13.6. The van der Waals surface area contributed by atoms with Crippen LogP contribution in [0, 0.1) is 5.41 Å². The zero-order chi connectivity index (χ0) is 27.1. The molecule has 0 aliphatic carbocycles. The Kier molecular flexibility index (Phi) is 8.42. The molecular formula is C34H35NO3. The van der Waals surface area contributed by atoms with E-state index in [9.17, 15) is 9.59 Å². The van der Waals surface area contributed by atoms with Crippen molar-refractivity contribution in [3.63, 3.8) is 0 Å². The fourth-order valence-electron chi connectivity index (χ4n) is 4.70. The minimum atomic E-state index is -0.548. The number of amides is 1. The van der Waals surface area contributed by atoms with Crippen LogP contribution in [-0.4, -0.2) is 18.8 Å². The lowest BCUT2D eigenvalue weighted by Crippen LogP contribution is -2.28. The maximum Gasteiger partial charge on any atom is 0.229 e. The van der Waals surface area contributed by atoms with Gasteiger partial charge in [-0.2, -0.15) is 0 Å². The van der Waals surface area contributed by atoms with Crippen molar-refractivity contribution in [3.05, 3.63) is 131 Å². The molecule has 0 heterocycles. The number of hydrogen-bond donors (Lipinski definition) is 1. The Morgan fingerprint density at radius 1 is 0.737 bits per heavy atom. The van der Waals surface area contributed by atoms with Gasteiger partial charge in [0.2, 0.25) is 5.91 Å². The molecule has 0 unspecified atom stereocenters. The molecule has 4 heteroatoms. The summed E-state index contributed by atoms with van der Waals surface area (Å²) in [6.45, 7) is 5.70. The van der Waals surface area contributed by atoms with E-state index in [0.29, 0.717) is 12.0 Å². The third-order valence-electron chi connectivity index (χ3n) is 6.83. The summed E-state index contributed by atoms with van der Waals surface area (Å²) in [7, 11) is 1.65. The summed E-state index contributed by atoms with van der Waals surface area (Å²) in [4.78, 5) is 26.7. The SMILES string of the molecule is COc1ccc([C@H](CC(=O)c2ccccc2)[C@@H](c2ccccc2)c2ccccc2NC(=O)C(C)(C)C)cc1. The number of benzene rings is 4. The van der Waals surface area contributed by atoms with Gasteiger partial charge in [-0.3, -0.25) is 9.59 Å². The molecule has 4 aromatic rings. The molecule has 2 atom stereocenters. The summed E-state index contributed by atoms with van der Waals surface area (Å²) in [5.74, 6) is 0.398. The van der Waals surface area contributed by atoms with Gasteiger partial charge in [-0.15, -0.1) is 0 Å². The van der Waals surface area contributed by atoms with Gasteiger partial charge in [0.05, 0.1) is 7.11 Å². The number of hydrogen-bond acceptors (Lipinski definition) is 3. The summed E-state index contributed by atoms with van der Waals surface area (Å²) in [5, 5.41) is 3.17. The number of anilines is 1. The van der Waals surface area contributed by atoms with E-state index in [0.717, 1.165) is 28.1 Å². The highest BCUT2D eigenvalue weighted by Crippen LogP contribution is 2.44. The third-order valence-corrected chi connectivity index (χ3v) is 6.83. The number of para-hydroxylation sites is 1. The van der Waals surface area contributed by atoms with E-state index in [1.807, 2.05) is 112 Å². The van der Waals surface area contributed by atoms with Gasteiger partial charge in [-0.05, 0) is 34.9 Å². The van der Waals surface area contributed by atoms with Crippen molar-refractivity contribution in [2.75, 3.05) is 12.4 Å². The van der Waals surface area contributed by atoms with Crippen LogP contribution in [0.4, 0.5) is 5.69 Å². The molecule has 38 heavy (non-hydrogen) atoms. The first-order valence-electron chi connectivity index (χ1n) is 13.0. The van der Waals surface area contributed by atoms with Gasteiger partial charge in [0.1, 0.15) is 5.75 Å². The molecule has 0 radical (unpaired) electrons. The van der Waals surface area contributed by atoms with Gasteiger partial charge in [-0.25, -0.2) is 0 Å². The second kappa shape index (κ2) is 11.9. The lowest BCUT2D eigenvalue weighted by Gasteiger charge is -2.31. The number of Topliss-reactive ketones (excluding diaryl/α,β-unsaturated/α-hetero) is 1. The Labute approximate surface area is 225 Å². The van der Waals surface area contributed by atoms with E-state index in [1.54, 1.807) is 7.11 Å². The number of carbonyl (C=O) groups excluding carboxylic acids is 2. The zero-order valence-corrected chi connectivity index (χ0v) is 22.5. The van der Waals surface area contributed by atoms with Gasteiger partial charge in [0.15, 0.2) is 5.78 Å². The summed E-state index contributed by atoms with van der Waals surface area (Å²) < 4.78 is 5.41. The maximum absolute atomic E-state index is 13.6. The normalized spacial score (nSPS) is 12.8. The Morgan fingerprint density at radius 3 is 1.92 bits per heavy atom. The van der Waals surface area contributed by atoms with E-state index in [-0.39, 0.29) is 23.5 Å². The van der Waals surface area contributed by atoms with E-state index in [4.69, 9.17) is 4.74 Å². The quantitative estimate of drug-likeness (QED) is 0.236. The molecule has 1 N–H and O–H groups in total. The molecule has 0 aromatic heterocycles. The van der Waals surface area contributed by atoms with Crippen molar-refractivity contribution < 1.29 is 14.3 Å². The van der Waals surface area contributed by atoms with Gasteiger partial charge in [0, 0.05) is 34.9 Å². The summed E-state index contributed by atoms with van der Waals surface area (Å²) in [6.07, 6.45) is 0.303. The van der Waals surface area contributed by atoms with Crippen molar-refractivity contribution in [2.24, 2.45) is 5.41 Å². The first-order valence-corrected chi connectivity index (χ1v) is 13.0. The Hall–Kier alpha value is -4.18. The fourth-order valence-corrected chi connectivity index (χ4v) is 4.70. The van der Waals surface area contributed by atoms with Crippen LogP contribution in [0.1, 0.15) is 66.1 Å². The first-order chi connectivity index (χ1) is 18.3. The Morgan fingerprint density at radius 2 is 1.32 bits per heavy atom. The van der Waals surface area contributed by atoms with Crippen LogP contribution in [-0.2, 0) is 4.79 Å². The third kappa shape index (κ3) is 6.38. The van der Waals surface area contributed by atoms with Gasteiger partial charge in [-0.1, -0.05) is 112 Å². The van der Waals surface area contributed by atoms with Crippen molar-refractivity contribution in [1.29, 1.82) is 0 Å². The number of rotatable bonds is 9. The van der Waals surface area contributed by atoms with Crippen LogP contribution in [0.3, 0.4) is 0 Å². The monoisotopic (exact) mass is 505 g/mol. The zero-order valence-electron chi connectivity index (χ0n) is 22.5. The fraction of sp³-hybridized carbons (Fsp3) is 0.235. The molecule has 4 rings (SSSR count). The number of carbonyl (C=O) groups is 2. The topological polar surface area (TPSA) is 55.4 Å². The van der Waals surface area contributed by atoms with Gasteiger partial charge < -0.3 is 10.1 Å². The minimum absolute atomic E-state index is 0.0573. The number of ether oxygens (including phenoxy) is 1. The standard InChI is InChI=1S/C34H35NO3/c1-34(2,3)33(37)35-30-18-12-11-17-28(30)32(26-15-9-6-10-16-26)29(24-19-21-27(38-4)22-20-24)23-31(36)25-13-7-5-8-14-25/h5-22,29,32H,23H2,1-4H3,(H,35,37)/t29-,32-/m0/s1. The lowest BCUT2D eigenvalue weighted by atomic mass is 9.74. The highest BCUT2D eigenvalue weighted by molar-refractivity contribution is 5.97. The highest BCUT2D eigenvalue weighted by atomic mass is 16.5. The molecule has 4 aromatic carbocycles. The van der Waals surface area contributed by atoms with Crippen LogP contribution in [0.15, 0.2) is 109 Å². The minimum Gasteiger partial charge on any atom is -0.497 e. The summed E-state index contributed by atoms with van der Waals surface area (Å²) >= 11 is 0. The van der Waals surface area contributed by atoms with Crippen LogP contribution in [0.2, 0.25) is 0 Å². The molecule has 0 bridgehead atoms. The average molecular weight is 506 g/mol. The van der Waals surface area contributed by atoms with Gasteiger partial charge >= 0.3 is 0 Å². The van der Waals surface area contributed by atoms with E-state index in [1.165, 1.54) is 0 Å². The predicted octanol–water partition coefficient (Wildman–Crippen LogP) is 7.87. The molecule has 0 fully saturated rings. The van der Waals surface area contributed by atoms with E-state index >= 15 is 0 Å². The molecule has 4 nitrogen and oxygen atoms in total. The molecule has 0 saturated heterocycles. The molecule has 1 amide bonds. The van der Waals surface area contributed by atoms with E-state index in [2.05, 4.69) is 23.5 Å². The van der Waals surface area contributed by atoms with Crippen LogP contribution >= 0.6 is 0 Å². The van der Waals surface area contributed by atoms with Crippen molar-refractivity contribution >= 4 is 17.4 Å². The molecule has 0 saturated carbocycles. The first kappa shape index (κ1) is 26.9. The number of nitrogens with one attached hydrogen (secondary N) is 1. The number of methoxy groups -OCH3 is 1. The van der Waals surface area contributed by atoms with Crippen LogP contribution in [0.5, 0.6) is 5.75 Å². The van der Waals surface area contributed by atoms with Gasteiger partial charge in [0.25, 0.3) is 0 Å². The number of ketones is 1.